The van der Waals surface area contributed by atoms with Crippen LogP contribution in [0.1, 0.15) is 78.2 Å². The molecule has 0 amide bonds. The van der Waals surface area contributed by atoms with Gasteiger partial charge in [-0.05, 0) is 103 Å². The van der Waals surface area contributed by atoms with E-state index in [2.05, 4.69) is 5.32 Å². The van der Waals surface area contributed by atoms with Gasteiger partial charge in [0.05, 0.1) is 24.4 Å². The fourth-order valence-electron chi connectivity index (χ4n) is 4.21. The van der Waals surface area contributed by atoms with Crippen LogP contribution >= 0.6 is 0 Å². The maximum atomic E-state index is 12.4. The van der Waals surface area contributed by atoms with Gasteiger partial charge >= 0.3 is 19.1 Å². The molecule has 0 aliphatic heterocycles. The number of esters is 1. The first-order chi connectivity index (χ1) is 19.2. The maximum Gasteiger partial charge on any atom is 0.451 e. The van der Waals surface area contributed by atoms with E-state index >= 15 is 0 Å². The van der Waals surface area contributed by atoms with Crippen LogP contribution in [0.4, 0.5) is 0 Å². The van der Waals surface area contributed by atoms with Gasteiger partial charge in [-0.2, -0.15) is 0 Å². The summed E-state index contributed by atoms with van der Waals surface area (Å²) < 4.78 is 17.2. The van der Waals surface area contributed by atoms with Crippen LogP contribution in [0.3, 0.4) is 0 Å². The van der Waals surface area contributed by atoms with Gasteiger partial charge in [-0.15, -0.1) is 0 Å². The van der Waals surface area contributed by atoms with Gasteiger partial charge in [0.2, 0.25) is 0 Å². The fraction of sp³-hybridized carbons (Fsp3) is 0.724. The van der Waals surface area contributed by atoms with Crippen molar-refractivity contribution >= 4 is 19.1 Å². The van der Waals surface area contributed by atoms with Gasteiger partial charge in [0.15, 0.2) is 0 Å². The molecule has 0 saturated carbocycles. The van der Waals surface area contributed by atoms with Crippen LogP contribution in [-0.2, 0) is 25.5 Å². The lowest BCUT2D eigenvalue weighted by Crippen LogP contribution is -2.49. The van der Waals surface area contributed by atoms with E-state index in [-0.39, 0.29) is 37.2 Å². The van der Waals surface area contributed by atoms with Gasteiger partial charge in [0.25, 0.3) is 0 Å². The molecule has 41 heavy (non-hydrogen) atoms. The van der Waals surface area contributed by atoms with Crippen molar-refractivity contribution in [3.05, 3.63) is 29.8 Å². The number of carboxylic acid groups (broad SMARTS) is 1. The number of benzene rings is 1. The molecular formula is C29H52BN3O8. The molecule has 0 heterocycles. The first-order valence-corrected chi connectivity index (χ1v) is 14.5. The quantitative estimate of drug-likeness (QED) is 0.0482. The van der Waals surface area contributed by atoms with Crippen molar-refractivity contribution < 1.29 is 39.0 Å². The van der Waals surface area contributed by atoms with E-state index < -0.39 is 24.2 Å². The fourth-order valence-corrected chi connectivity index (χ4v) is 4.21. The Hall–Kier alpha value is -2.06. The molecule has 0 aliphatic carbocycles. The molecule has 0 fully saturated rings. The molecule has 8 N–H and O–H groups in total. The van der Waals surface area contributed by atoms with Crippen LogP contribution in [0.5, 0.6) is 5.75 Å². The molecular weight excluding hydrogens is 529 g/mol. The SMILES string of the molecule is CC(C)(CCN)OCCOC(C)(C)CCC(=O)Oc1ccc(CCNCCC(N)(CCCCB(O)O)C(=O)O)cc1. The lowest BCUT2D eigenvalue weighted by molar-refractivity contribution is -0.144. The van der Waals surface area contributed by atoms with Crippen LogP contribution in [0, 0.1) is 0 Å². The van der Waals surface area contributed by atoms with Crippen LogP contribution in [0.25, 0.3) is 0 Å². The number of hydrogen-bond acceptors (Lipinski definition) is 10. The van der Waals surface area contributed by atoms with E-state index in [1.54, 1.807) is 12.1 Å². The van der Waals surface area contributed by atoms with E-state index in [1.165, 1.54) is 0 Å². The zero-order chi connectivity index (χ0) is 30.9. The largest absolute Gasteiger partial charge is 0.480 e. The standard InChI is InChI=1S/C29H52BN3O8/c1-27(2,39-21-22-40-28(3,4)15-18-31)14-11-25(34)41-24-9-7-23(8-10-24)12-19-33-20-16-29(32,26(35)36)13-5-6-17-30(37)38/h7-10,33,37-38H,5-6,11-22,31-32H2,1-4H3,(H,35,36). The zero-order valence-electron chi connectivity index (χ0n) is 25.3. The van der Waals surface area contributed by atoms with Crippen molar-refractivity contribution in [2.75, 3.05) is 32.8 Å². The summed E-state index contributed by atoms with van der Waals surface area (Å²) in [5.41, 5.74) is 10.6. The van der Waals surface area contributed by atoms with Crippen LogP contribution < -0.4 is 21.5 Å². The van der Waals surface area contributed by atoms with Crippen molar-refractivity contribution in [2.24, 2.45) is 11.5 Å². The summed E-state index contributed by atoms with van der Waals surface area (Å²) in [6, 6.07) is 7.30. The number of hydrogen-bond donors (Lipinski definition) is 6. The molecule has 1 rings (SSSR count). The van der Waals surface area contributed by atoms with Crippen LogP contribution in [-0.4, -0.2) is 83.8 Å². The van der Waals surface area contributed by atoms with Crippen molar-refractivity contribution in [3.63, 3.8) is 0 Å². The van der Waals surface area contributed by atoms with Gasteiger partial charge in [-0.25, -0.2) is 0 Å². The molecule has 12 heteroatoms. The third-order valence-electron chi connectivity index (χ3n) is 7.00. The van der Waals surface area contributed by atoms with E-state index in [4.69, 9.17) is 35.7 Å². The van der Waals surface area contributed by atoms with E-state index in [1.807, 2.05) is 39.8 Å². The smallest absolute Gasteiger partial charge is 0.451 e. The van der Waals surface area contributed by atoms with Gasteiger partial charge < -0.3 is 46.1 Å². The summed E-state index contributed by atoms with van der Waals surface area (Å²) in [4.78, 5) is 24.0. The minimum atomic E-state index is -1.39. The Kier molecular flexibility index (Phi) is 16.7. The van der Waals surface area contributed by atoms with E-state index in [0.29, 0.717) is 64.3 Å². The number of carbonyl (C=O) groups excluding carboxylic acids is 1. The summed E-state index contributed by atoms with van der Waals surface area (Å²) >= 11 is 0. The number of carbonyl (C=O) groups is 2. The Morgan fingerprint density at radius 2 is 1.51 bits per heavy atom. The van der Waals surface area contributed by atoms with Crippen molar-refractivity contribution in [1.29, 1.82) is 0 Å². The predicted molar refractivity (Wildman–Crippen MR) is 160 cm³/mol. The number of carboxylic acids is 1. The second kappa shape index (κ2) is 18.5. The average molecular weight is 582 g/mol. The van der Waals surface area contributed by atoms with Gasteiger partial charge in [0.1, 0.15) is 11.3 Å². The van der Waals surface area contributed by atoms with E-state index in [9.17, 15) is 14.7 Å². The summed E-state index contributed by atoms with van der Waals surface area (Å²) in [6.07, 6.45) is 3.96. The molecule has 234 valence electrons. The number of ether oxygens (including phenoxy) is 3. The normalized spacial score (nSPS) is 13.6. The third kappa shape index (κ3) is 16.8. The van der Waals surface area contributed by atoms with Gasteiger partial charge in [0, 0.05) is 6.42 Å². The van der Waals surface area contributed by atoms with Crippen molar-refractivity contribution in [1.82, 2.24) is 5.32 Å². The minimum absolute atomic E-state index is 0.199. The lowest BCUT2D eigenvalue weighted by atomic mass is 9.81. The molecule has 0 saturated heterocycles. The molecule has 1 atom stereocenters. The molecule has 0 aromatic heterocycles. The topological polar surface area (TPSA) is 187 Å². The molecule has 1 aromatic rings. The molecule has 11 nitrogen and oxygen atoms in total. The third-order valence-corrected chi connectivity index (χ3v) is 7.00. The predicted octanol–water partition coefficient (Wildman–Crippen LogP) is 2.26. The molecule has 0 bridgehead atoms. The second-order valence-corrected chi connectivity index (χ2v) is 11.8. The number of unbranched alkanes of at least 4 members (excludes halogenated alkanes) is 1. The molecule has 1 unspecified atom stereocenters. The highest BCUT2D eigenvalue weighted by Crippen LogP contribution is 2.20. The number of rotatable bonds is 23. The Balaban J connectivity index is 2.32. The summed E-state index contributed by atoms with van der Waals surface area (Å²) in [7, 11) is -1.39. The molecule has 0 aliphatic rings. The minimum Gasteiger partial charge on any atom is -0.480 e. The Morgan fingerprint density at radius 1 is 0.902 bits per heavy atom. The number of aliphatic carboxylic acids is 1. The van der Waals surface area contributed by atoms with Gasteiger partial charge in [-0.1, -0.05) is 25.0 Å². The monoisotopic (exact) mass is 581 g/mol. The molecule has 0 radical (unpaired) electrons. The number of nitrogens with two attached hydrogens (primary N) is 2. The van der Waals surface area contributed by atoms with Crippen molar-refractivity contribution in [3.8, 4) is 5.75 Å². The summed E-state index contributed by atoms with van der Waals surface area (Å²) in [6.45, 7) is 10.4. The molecule has 0 spiro atoms. The highest BCUT2D eigenvalue weighted by Gasteiger charge is 2.32. The highest BCUT2D eigenvalue weighted by atomic mass is 16.5. The maximum absolute atomic E-state index is 12.4. The first kappa shape index (κ1) is 37.0. The van der Waals surface area contributed by atoms with Gasteiger partial charge in [-0.3, -0.25) is 9.59 Å². The average Bonchev–Trinajstić information content (AvgIpc) is 2.89. The van der Waals surface area contributed by atoms with Crippen LogP contribution in [0.15, 0.2) is 24.3 Å². The summed E-state index contributed by atoms with van der Waals surface area (Å²) in [5, 5.41) is 30.6. The second-order valence-electron chi connectivity index (χ2n) is 11.8. The summed E-state index contributed by atoms with van der Waals surface area (Å²) in [5.74, 6) is -0.908. The molecule has 1 aromatic carbocycles. The first-order valence-electron chi connectivity index (χ1n) is 14.5. The Bertz CT molecular complexity index is 899. The Labute approximate surface area is 245 Å². The lowest BCUT2D eigenvalue weighted by Gasteiger charge is -2.28. The van der Waals surface area contributed by atoms with Crippen molar-refractivity contribution in [2.45, 2.75) is 102 Å². The highest BCUT2D eigenvalue weighted by molar-refractivity contribution is 6.40. The Morgan fingerprint density at radius 3 is 2.07 bits per heavy atom. The zero-order valence-corrected chi connectivity index (χ0v) is 25.3. The van der Waals surface area contributed by atoms with Crippen LogP contribution in [0.2, 0.25) is 6.32 Å². The number of nitrogens with one attached hydrogen (secondary N) is 1. The van der Waals surface area contributed by atoms with E-state index in [0.717, 1.165) is 12.0 Å².